The van der Waals surface area contributed by atoms with Crippen molar-refractivity contribution in [2.24, 2.45) is 17.3 Å². The number of carboxylic acid groups (broad SMARTS) is 1. The minimum Gasteiger partial charge on any atom is -0.481 e. The third-order valence-corrected chi connectivity index (χ3v) is 4.14. The lowest BCUT2D eigenvalue weighted by Gasteiger charge is -2.15. The Bertz CT molecular complexity index is 566. The van der Waals surface area contributed by atoms with Crippen LogP contribution in [0.15, 0.2) is 24.3 Å². The number of anilines is 1. The van der Waals surface area contributed by atoms with Crippen LogP contribution in [0.25, 0.3) is 0 Å². The first-order valence-electron chi connectivity index (χ1n) is 7.01. The Balaban J connectivity index is 2.13. The van der Waals surface area contributed by atoms with E-state index < -0.39 is 23.2 Å². The zero-order valence-electron chi connectivity index (χ0n) is 12.9. The molecule has 0 unspecified atom stereocenters. The highest BCUT2D eigenvalue weighted by atomic mass is 16.4. The summed E-state index contributed by atoms with van der Waals surface area (Å²) < 4.78 is 0. The van der Waals surface area contributed by atoms with Crippen molar-refractivity contribution in [1.82, 2.24) is 4.90 Å². The molecule has 0 radical (unpaired) electrons. The maximum atomic E-state index is 12.4. The van der Waals surface area contributed by atoms with Crippen LogP contribution < -0.4 is 5.32 Å². The highest BCUT2D eigenvalue weighted by molar-refractivity contribution is 6.00. The van der Waals surface area contributed by atoms with E-state index in [4.69, 9.17) is 5.11 Å². The van der Waals surface area contributed by atoms with Gasteiger partial charge in [0.05, 0.1) is 11.8 Å². The van der Waals surface area contributed by atoms with Crippen LogP contribution in [0, 0.1) is 17.3 Å². The summed E-state index contributed by atoms with van der Waals surface area (Å²) in [6.07, 6.45) is 0. The van der Waals surface area contributed by atoms with Gasteiger partial charge in [-0.15, -0.1) is 0 Å². The third kappa shape index (κ3) is 3.08. The summed E-state index contributed by atoms with van der Waals surface area (Å²) in [5.41, 5.74) is 1.29. The second-order valence-electron chi connectivity index (χ2n) is 6.50. The summed E-state index contributed by atoms with van der Waals surface area (Å²) in [7, 11) is 3.92. The van der Waals surface area contributed by atoms with E-state index >= 15 is 0 Å². The number of nitrogens with zero attached hydrogens (tertiary/aromatic N) is 1. The highest BCUT2D eigenvalue weighted by Crippen LogP contribution is 2.58. The van der Waals surface area contributed by atoms with Crippen molar-refractivity contribution in [1.29, 1.82) is 0 Å². The number of carbonyl (C=O) groups excluding carboxylic acids is 1. The number of amides is 1. The molecule has 5 heteroatoms. The summed E-state index contributed by atoms with van der Waals surface area (Å²) >= 11 is 0. The van der Waals surface area contributed by atoms with Gasteiger partial charge in [-0.2, -0.15) is 0 Å². The van der Waals surface area contributed by atoms with Crippen LogP contribution in [-0.2, 0) is 16.1 Å². The first kappa shape index (κ1) is 15.5. The quantitative estimate of drug-likeness (QED) is 0.870. The summed E-state index contributed by atoms with van der Waals surface area (Å²) in [4.78, 5) is 25.5. The van der Waals surface area contributed by atoms with Gasteiger partial charge in [-0.1, -0.05) is 32.0 Å². The van der Waals surface area contributed by atoms with Crippen LogP contribution in [0.3, 0.4) is 0 Å². The average molecular weight is 290 g/mol. The summed E-state index contributed by atoms with van der Waals surface area (Å²) in [6, 6.07) is 7.60. The molecule has 2 N–H and O–H groups in total. The molecule has 1 aromatic rings. The second-order valence-corrected chi connectivity index (χ2v) is 6.50. The molecular formula is C16H22N2O3. The van der Waals surface area contributed by atoms with Crippen LogP contribution in [0.1, 0.15) is 19.4 Å². The van der Waals surface area contributed by atoms with Gasteiger partial charge in [0.1, 0.15) is 0 Å². The van der Waals surface area contributed by atoms with E-state index in [1.165, 1.54) is 0 Å². The molecule has 1 aliphatic carbocycles. The van der Waals surface area contributed by atoms with Crippen LogP contribution in [-0.4, -0.2) is 36.0 Å². The standard InChI is InChI=1S/C16H22N2O3/c1-16(2)12(13(16)15(20)21)14(19)17-11-8-6-5-7-10(11)9-18(3)4/h5-8,12-13H,9H2,1-4H3,(H,17,19)(H,20,21)/t12-,13+/m1/s1. The third-order valence-electron chi connectivity index (χ3n) is 4.14. The van der Waals surface area contributed by atoms with Crippen LogP contribution in [0.5, 0.6) is 0 Å². The smallest absolute Gasteiger partial charge is 0.307 e. The lowest BCUT2D eigenvalue weighted by Crippen LogP contribution is -2.20. The normalized spacial score (nSPS) is 22.9. The molecule has 114 valence electrons. The minimum atomic E-state index is -0.901. The fourth-order valence-electron chi connectivity index (χ4n) is 2.92. The molecule has 0 aromatic heterocycles. The molecule has 1 saturated carbocycles. The number of benzene rings is 1. The Morgan fingerprint density at radius 1 is 1.24 bits per heavy atom. The molecule has 0 spiro atoms. The summed E-state index contributed by atoms with van der Waals surface area (Å²) in [5.74, 6) is -2.18. The molecule has 21 heavy (non-hydrogen) atoms. The topological polar surface area (TPSA) is 69.6 Å². The van der Waals surface area contributed by atoms with Crippen molar-refractivity contribution < 1.29 is 14.7 Å². The predicted octanol–water partition coefficient (Wildman–Crippen LogP) is 2.04. The largest absolute Gasteiger partial charge is 0.481 e. The van der Waals surface area contributed by atoms with Gasteiger partial charge in [-0.25, -0.2) is 0 Å². The number of carboxylic acids is 1. The Morgan fingerprint density at radius 2 is 1.86 bits per heavy atom. The van der Waals surface area contributed by atoms with Crippen LogP contribution >= 0.6 is 0 Å². The highest BCUT2D eigenvalue weighted by Gasteiger charge is 2.65. The van der Waals surface area contributed by atoms with Crippen LogP contribution in [0.2, 0.25) is 0 Å². The zero-order chi connectivity index (χ0) is 15.8. The second kappa shape index (κ2) is 5.48. The van der Waals surface area contributed by atoms with Crippen molar-refractivity contribution in [3.63, 3.8) is 0 Å². The number of nitrogens with one attached hydrogen (secondary N) is 1. The molecule has 0 saturated heterocycles. The van der Waals surface area contributed by atoms with Crippen molar-refractivity contribution in [3.05, 3.63) is 29.8 Å². The summed E-state index contributed by atoms with van der Waals surface area (Å²) in [6.45, 7) is 4.36. The maximum absolute atomic E-state index is 12.4. The number of rotatable bonds is 5. The van der Waals surface area contributed by atoms with Crippen molar-refractivity contribution in [2.45, 2.75) is 20.4 Å². The van der Waals surface area contributed by atoms with Gasteiger partial charge in [-0.05, 0) is 31.1 Å². The van der Waals surface area contributed by atoms with Gasteiger partial charge in [0.25, 0.3) is 0 Å². The molecule has 1 amide bonds. The van der Waals surface area contributed by atoms with Crippen molar-refractivity contribution in [2.75, 3.05) is 19.4 Å². The first-order valence-corrected chi connectivity index (χ1v) is 7.01. The number of hydrogen-bond acceptors (Lipinski definition) is 3. The molecule has 1 fully saturated rings. The molecular weight excluding hydrogens is 268 g/mol. The molecule has 0 bridgehead atoms. The Kier molecular flexibility index (Phi) is 4.05. The van der Waals surface area contributed by atoms with E-state index in [2.05, 4.69) is 5.32 Å². The number of carbonyl (C=O) groups is 2. The minimum absolute atomic E-state index is 0.210. The van der Waals surface area contributed by atoms with Gasteiger partial charge in [-0.3, -0.25) is 9.59 Å². The van der Waals surface area contributed by atoms with Gasteiger partial charge in [0, 0.05) is 12.2 Å². The monoisotopic (exact) mass is 290 g/mol. The van der Waals surface area contributed by atoms with E-state index in [0.717, 1.165) is 11.3 Å². The molecule has 2 rings (SSSR count). The zero-order valence-corrected chi connectivity index (χ0v) is 12.9. The van der Waals surface area contributed by atoms with Crippen molar-refractivity contribution in [3.8, 4) is 0 Å². The number of aliphatic carboxylic acids is 1. The average Bonchev–Trinajstić information content (AvgIpc) is 2.94. The SMILES string of the molecule is CN(C)Cc1ccccc1NC(=O)[C@H]1[C@@H](C(=O)O)C1(C)C. The van der Waals surface area contributed by atoms with E-state index in [-0.39, 0.29) is 5.91 Å². The van der Waals surface area contributed by atoms with Gasteiger partial charge >= 0.3 is 5.97 Å². The molecule has 2 atom stereocenters. The Hall–Kier alpha value is -1.88. The lowest BCUT2D eigenvalue weighted by atomic mass is 10.1. The van der Waals surface area contributed by atoms with E-state index in [1.807, 2.05) is 57.1 Å². The fourth-order valence-corrected chi connectivity index (χ4v) is 2.92. The molecule has 0 aliphatic heterocycles. The molecule has 1 aliphatic rings. The van der Waals surface area contributed by atoms with Gasteiger partial charge in [0.2, 0.25) is 5.91 Å². The maximum Gasteiger partial charge on any atom is 0.307 e. The van der Waals surface area contributed by atoms with Crippen molar-refractivity contribution >= 4 is 17.6 Å². The predicted molar refractivity (Wildman–Crippen MR) is 80.9 cm³/mol. The van der Waals surface area contributed by atoms with E-state index in [1.54, 1.807) is 0 Å². The van der Waals surface area contributed by atoms with E-state index in [9.17, 15) is 9.59 Å². The first-order chi connectivity index (χ1) is 9.75. The lowest BCUT2D eigenvalue weighted by molar-refractivity contribution is -0.140. The van der Waals surface area contributed by atoms with E-state index in [0.29, 0.717) is 6.54 Å². The van der Waals surface area contributed by atoms with Gasteiger partial charge < -0.3 is 15.3 Å². The Labute approximate surface area is 125 Å². The summed E-state index contributed by atoms with van der Waals surface area (Å²) in [5, 5.41) is 12.1. The molecule has 1 aromatic carbocycles. The van der Waals surface area contributed by atoms with Crippen LogP contribution in [0.4, 0.5) is 5.69 Å². The fraction of sp³-hybridized carbons (Fsp3) is 0.500. The molecule has 0 heterocycles. The number of para-hydroxylation sites is 1. The Morgan fingerprint density at radius 3 is 2.38 bits per heavy atom. The molecule has 5 nitrogen and oxygen atoms in total. The van der Waals surface area contributed by atoms with Gasteiger partial charge in [0.15, 0.2) is 0 Å². The number of hydrogen-bond donors (Lipinski definition) is 2.